The highest BCUT2D eigenvalue weighted by Gasteiger charge is 2.18. The molecule has 0 unspecified atom stereocenters. The van der Waals surface area contributed by atoms with E-state index in [0.717, 1.165) is 5.56 Å². The fraction of sp³-hybridized carbons (Fsp3) is 0.136. The van der Waals surface area contributed by atoms with E-state index in [1.807, 2.05) is 6.92 Å². The van der Waals surface area contributed by atoms with E-state index in [9.17, 15) is 13.2 Å². The van der Waals surface area contributed by atoms with Crippen LogP contribution in [0.15, 0.2) is 65.6 Å². The third-order valence-electron chi connectivity index (χ3n) is 4.49. The number of rotatable bonds is 7. The summed E-state index contributed by atoms with van der Waals surface area (Å²) in [5.41, 5.74) is 1.92. The van der Waals surface area contributed by atoms with Gasteiger partial charge in [0.25, 0.3) is 15.9 Å². The molecule has 0 saturated heterocycles. The van der Waals surface area contributed by atoms with Gasteiger partial charge in [0.1, 0.15) is 0 Å². The SMILES string of the molecule is COc1cccc(C(=O)Nc2ccc(S(=O)(=O)Nc3ccc(C)c(Cl)c3)cc2)c1OC. The van der Waals surface area contributed by atoms with Crippen molar-refractivity contribution in [3.8, 4) is 11.5 Å². The molecule has 7 nitrogen and oxygen atoms in total. The Morgan fingerprint density at radius 1 is 0.935 bits per heavy atom. The van der Waals surface area contributed by atoms with Crippen LogP contribution >= 0.6 is 11.6 Å². The standard InChI is InChI=1S/C22H21ClN2O5S/c1-14-7-8-16(13-19(14)23)25-31(27,28)17-11-9-15(10-12-17)24-22(26)18-5-4-6-20(29-2)21(18)30-3/h4-13,25H,1-3H3,(H,24,26). The number of amides is 1. The number of methoxy groups -OCH3 is 2. The van der Waals surface area contributed by atoms with Gasteiger partial charge in [0.05, 0.1) is 30.4 Å². The molecule has 0 atom stereocenters. The van der Waals surface area contributed by atoms with E-state index in [1.165, 1.54) is 38.5 Å². The summed E-state index contributed by atoms with van der Waals surface area (Å²) in [6.45, 7) is 1.83. The molecular weight excluding hydrogens is 440 g/mol. The Hall–Kier alpha value is -3.23. The molecule has 162 valence electrons. The highest BCUT2D eigenvalue weighted by atomic mass is 35.5. The van der Waals surface area contributed by atoms with Crippen molar-refractivity contribution in [2.24, 2.45) is 0 Å². The topological polar surface area (TPSA) is 93.7 Å². The van der Waals surface area contributed by atoms with Crippen molar-refractivity contribution >= 4 is 38.9 Å². The number of ether oxygens (including phenoxy) is 2. The lowest BCUT2D eigenvalue weighted by molar-refractivity contribution is 0.102. The Bertz CT molecular complexity index is 1210. The molecule has 3 aromatic carbocycles. The predicted octanol–water partition coefficient (Wildman–Crippen LogP) is 4.72. The molecule has 0 saturated carbocycles. The fourth-order valence-electron chi connectivity index (χ4n) is 2.85. The van der Waals surface area contributed by atoms with Crippen LogP contribution in [0, 0.1) is 6.92 Å². The monoisotopic (exact) mass is 460 g/mol. The average molecular weight is 461 g/mol. The third-order valence-corrected chi connectivity index (χ3v) is 6.30. The predicted molar refractivity (Wildman–Crippen MR) is 121 cm³/mol. The summed E-state index contributed by atoms with van der Waals surface area (Å²) in [4.78, 5) is 12.7. The van der Waals surface area contributed by atoms with Crippen LogP contribution in [0.3, 0.4) is 0 Å². The van der Waals surface area contributed by atoms with Gasteiger partial charge in [0.2, 0.25) is 0 Å². The molecule has 0 spiro atoms. The summed E-state index contributed by atoms with van der Waals surface area (Å²) >= 11 is 6.06. The maximum atomic E-state index is 12.7. The maximum absolute atomic E-state index is 12.7. The number of aryl methyl sites for hydroxylation is 1. The first kappa shape index (κ1) is 22.5. The molecule has 3 rings (SSSR count). The second-order valence-electron chi connectivity index (χ2n) is 6.59. The van der Waals surface area contributed by atoms with Crippen molar-refractivity contribution in [3.63, 3.8) is 0 Å². The molecule has 0 fully saturated rings. The molecule has 9 heteroatoms. The van der Waals surface area contributed by atoms with Crippen LogP contribution in [0.25, 0.3) is 0 Å². The summed E-state index contributed by atoms with van der Waals surface area (Å²) in [5.74, 6) is 0.320. The molecule has 0 bridgehead atoms. The van der Waals surface area contributed by atoms with Gasteiger partial charge in [0, 0.05) is 10.7 Å². The number of hydrogen-bond acceptors (Lipinski definition) is 5. The van der Waals surface area contributed by atoms with Gasteiger partial charge >= 0.3 is 0 Å². The Balaban J connectivity index is 1.77. The van der Waals surface area contributed by atoms with Gasteiger partial charge in [-0.2, -0.15) is 0 Å². The van der Waals surface area contributed by atoms with Gasteiger partial charge in [-0.3, -0.25) is 9.52 Å². The van der Waals surface area contributed by atoms with E-state index < -0.39 is 15.9 Å². The number of carbonyl (C=O) groups excluding carboxylic acids is 1. The van der Waals surface area contributed by atoms with E-state index in [4.69, 9.17) is 21.1 Å². The molecule has 0 radical (unpaired) electrons. The van der Waals surface area contributed by atoms with Crippen LogP contribution in [-0.2, 0) is 10.0 Å². The van der Waals surface area contributed by atoms with Gasteiger partial charge < -0.3 is 14.8 Å². The minimum absolute atomic E-state index is 0.0427. The summed E-state index contributed by atoms with van der Waals surface area (Å²) in [6, 6.07) is 15.7. The zero-order valence-corrected chi connectivity index (χ0v) is 18.7. The van der Waals surface area contributed by atoms with Crippen LogP contribution in [-0.4, -0.2) is 28.5 Å². The van der Waals surface area contributed by atoms with Crippen LogP contribution in [0.4, 0.5) is 11.4 Å². The average Bonchev–Trinajstić information content (AvgIpc) is 2.75. The lowest BCUT2D eigenvalue weighted by atomic mass is 10.1. The van der Waals surface area contributed by atoms with Crippen LogP contribution < -0.4 is 19.5 Å². The van der Waals surface area contributed by atoms with Gasteiger partial charge in [-0.25, -0.2) is 8.42 Å². The highest BCUT2D eigenvalue weighted by molar-refractivity contribution is 7.92. The number of nitrogens with one attached hydrogen (secondary N) is 2. The maximum Gasteiger partial charge on any atom is 0.261 e. The van der Waals surface area contributed by atoms with Crippen molar-refractivity contribution in [3.05, 3.63) is 76.8 Å². The van der Waals surface area contributed by atoms with Gasteiger partial charge in [0.15, 0.2) is 11.5 Å². The number of anilines is 2. The van der Waals surface area contributed by atoms with Crippen LogP contribution in [0.2, 0.25) is 5.02 Å². The van der Waals surface area contributed by atoms with E-state index in [0.29, 0.717) is 27.9 Å². The summed E-state index contributed by atoms with van der Waals surface area (Å²) in [5, 5.41) is 3.18. The molecule has 1 amide bonds. The number of hydrogen-bond donors (Lipinski definition) is 2. The van der Waals surface area contributed by atoms with Crippen molar-refractivity contribution in [2.45, 2.75) is 11.8 Å². The quantitative estimate of drug-likeness (QED) is 0.532. The smallest absolute Gasteiger partial charge is 0.261 e. The molecule has 0 aliphatic carbocycles. The molecular formula is C22H21ClN2O5S. The van der Waals surface area contributed by atoms with Crippen molar-refractivity contribution in [1.82, 2.24) is 0 Å². The van der Waals surface area contributed by atoms with Crippen molar-refractivity contribution in [1.29, 1.82) is 0 Å². The largest absolute Gasteiger partial charge is 0.493 e. The van der Waals surface area contributed by atoms with E-state index in [-0.39, 0.29) is 10.5 Å². The van der Waals surface area contributed by atoms with E-state index in [2.05, 4.69) is 10.0 Å². The Kier molecular flexibility index (Phi) is 6.72. The molecule has 0 heterocycles. The van der Waals surface area contributed by atoms with E-state index in [1.54, 1.807) is 36.4 Å². The van der Waals surface area contributed by atoms with Crippen molar-refractivity contribution in [2.75, 3.05) is 24.3 Å². The first-order valence-electron chi connectivity index (χ1n) is 9.16. The molecule has 0 aromatic heterocycles. The molecule has 31 heavy (non-hydrogen) atoms. The fourth-order valence-corrected chi connectivity index (χ4v) is 4.08. The second kappa shape index (κ2) is 9.28. The minimum Gasteiger partial charge on any atom is -0.493 e. The lowest BCUT2D eigenvalue weighted by Gasteiger charge is -2.13. The minimum atomic E-state index is -3.82. The zero-order valence-electron chi connectivity index (χ0n) is 17.1. The zero-order chi connectivity index (χ0) is 22.6. The van der Waals surface area contributed by atoms with Gasteiger partial charge in [-0.1, -0.05) is 23.7 Å². The number of halogens is 1. The molecule has 0 aliphatic heterocycles. The number of carbonyl (C=O) groups is 1. The molecule has 0 aliphatic rings. The van der Waals surface area contributed by atoms with Crippen molar-refractivity contribution < 1.29 is 22.7 Å². The van der Waals surface area contributed by atoms with Crippen LogP contribution in [0.1, 0.15) is 15.9 Å². The van der Waals surface area contributed by atoms with Crippen LogP contribution in [0.5, 0.6) is 11.5 Å². The van der Waals surface area contributed by atoms with Gasteiger partial charge in [-0.15, -0.1) is 0 Å². The summed E-state index contributed by atoms with van der Waals surface area (Å²) < 4.78 is 38.2. The summed E-state index contributed by atoms with van der Waals surface area (Å²) in [7, 11) is -0.888. The number of benzene rings is 3. The van der Waals surface area contributed by atoms with E-state index >= 15 is 0 Å². The first-order chi connectivity index (χ1) is 14.7. The molecule has 2 N–H and O–H groups in total. The highest BCUT2D eigenvalue weighted by Crippen LogP contribution is 2.31. The number of sulfonamides is 1. The Labute approximate surface area is 186 Å². The third kappa shape index (κ3) is 5.10. The normalized spacial score (nSPS) is 11.0. The first-order valence-corrected chi connectivity index (χ1v) is 11.0. The Morgan fingerprint density at radius 2 is 1.61 bits per heavy atom. The number of para-hydroxylation sites is 1. The Morgan fingerprint density at radius 3 is 2.23 bits per heavy atom. The lowest BCUT2D eigenvalue weighted by Crippen LogP contribution is -2.15. The molecule has 3 aromatic rings. The van der Waals surface area contributed by atoms with Gasteiger partial charge in [-0.05, 0) is 61.0 Å². The summed E-state index contributed by atoms with van der Waals surface area (Å²) in [6.07, 6.45) is 0. The second-order valence-corrected chi connectivity index (χ2v) is 8.68.